The first-order valence-electron chi connectivity index (χ1n) is 3.41. The number of nitrogens with two attached hydrogens (primary N) is 4. The van der Waals surface area contributed by atoms with Gasteiger partial charge in [0.05, 0.1) is 0 Å². The average Bonchev–Trinajstić information content (AvgIpc) is 2.18. The number of hydrogen-bond acceptors (Lipinski definition) is 11. The predicted octanol–water partition coefficient (Wildman–Crippen LogP) is -2.89. The summed E-state index contributed by atoms with van der Waals surface area (Å²) in [6.45, 7) is 2.00. The van der Waals surface area contributed by atoms with E-state index in [2.05, 4.69) is 25.1 Å². The zero-order valence-corrected chi connectivity index (χ0v) is 9.16. The van der Waals surface area contributed by atoms with E-state index < -0.39 is 10.4 Å². The first kappa shape index (κ1) is 17.3. The second-order valence-corrected chi connectivity index (χ2v) is 2.98. The van der Waals surface area contributed by atoms with Crippen molar-refractivity contribution in [1.29, 1.82) is 0 Å². The summed E-state index contributed by atoms with van der Waals surface area (Å²) >= 11 is 0. The second kappa shape index (κ2) is 8.11. The van der Waals surface area contributed by atoms with Gasteiger partial charge < -0.3 is 22.0 Å². The minimum Gasteiger partial charge on any atom is -0.368 e. The van der Waals surface area contributed by atoms with Crippen LogP contribution in [0.15, 0.2) is 0 Å². The maximum atomic E-state index is 9.21. The van der Waals surface area contributed by atoms with Crippen molar-refractivity contribution in [3.05, 3.63) is 0 Å². The number of anilines is 3. The number of nitrogens with zero attached hydrogens (tertiary/aromatic N) is 3. The fourth-order valence-corrected chi connectivity index (χ4v) is 0.427. The van der Waals surface area contributed by atoms with Crippen LogP contribution in [0, 0.1) is 0 Å². The summed E-state index contributed by atoms with van der Waals surface area (Å²) in [7, 11) is -4.38. The highest BCUT2D eigenvalue weighted by Gasteiger charge is 1.95. The van der Waals surface area contributed by atoms with Gasteiger partial charge in [0.15, 0.2) is 0 Å². The molecule has 0 saturated heterocycles. The van der Waals surface area contributed by atoms with Gasteiger partial charge in [0, 0.05) is 0 Å². The van der Waals surface area contributed by atoms with E-state index in [1.54, 1.807) is 0 Å². The molecule has 9 N–H and O–H groups in total. The molecular weight excluding hydrogens is 258 g/mol. The van der Waals surface area contributed by atoms with Crippen LogP contribution < -0.4 is 23.1 Å². The van der Waals surface area contributed by atoms with E-state index in [0.717, 1.165) is 0 Å². The molecule has 1 aromatic rings. The van der Waals surface area contributed by atoms with Crippen molar-refractivity contribution in [3.63, 3.8) is 0 Å². The topological polar surface area (TPSA) is 223 Å². The van der Waals surface area contributed by atoms with Crippen LogP contribution in [0.2, 0.25) is 0 Å². The van der Waals surface area contributed by atoms with Crippen LogP contribution in [0.4, 0.5) is 17.8 Å². The Hall–Kier alpha value is -2.09. The Balaban J connectivity index is 0. The number of nitrogen functional groups attached to an aromatic ring is 3. The Morgan fingerprint density at radius 3 is 1.29 bits per heavy atom. The van der Waals surface area contributed by atoms with E-state index in [4.69, 9.17) is 26.5 Å². The van der Waals surface area contributed by atoms with Gasteiger partial charge in [-0.1, -0.05) is 0 Å². The molecule has 0 aliphatic heterocycles. The van der Waals surface area contributed by atoms with Crippen LogP contribution in [0.25, 0.3) is 0 Å². The molecule has 17 heavy (non-hydrogen) atoms. The Kier molecular flexibility index (Phi) is 8.26. The van der Waals surface area contributed by atoms with E-state index in [9.17, 15) is 8.42 Å². The molecule has 0 bridgehead atoms. The lowest BCUT2D eigenvalue weighted by molar-refractivity contribution is -0.0980. The minimum atomic E-state index is -4.38. The van der Waals surface area contributed by atoms with Gasteiger partial charge in [-0.25, -0.2) is 0 Å². The highest BCUT2D eigenvalue weighted by atomic mass is 32.3. The van der Waals surface area contributed by atoms with Crippen molar-refractivity contribution in [2.24, 2.45) is 5.90 Å². The maximum absolute atomic E-state index is 9.21. The van der Waals surface area contributed by atoms with Crippen molar-refractivity contribution in [3.8, 4) is 0 Å². The van der Waals surface area contributed by atoms with Crippen LogP contribution >= 0.6 is 0 Å². The molecule has 0 aromatic carbocycles. The Bertz CT molecular complexity index is 385. The van der Waals surface area contributed by atoms with Gasteiger partial charge in [-0.15, -0.1) is 0 Å². The van der Waals surface area contributed by atoms with Crippen LogP contribution in [0.3, 0.4) is 0 Å². The molecule has 0 amide bonds. The van der Waals surface area contributed by atoms with Gasteiger partial charge in [0.2, 0.25) is 17.8 Å². The van der Waals surface area contributed by atoms with Crippen LogP contribution in [0.1, 0.15) is 0 Å². The molecule has 0 aliphatic carbocycles. The number of carbonyl (C=O) groups is 1. The van der Waals surface area contributed by atoms with Crippen molar-refractivity contribution in [2.75, 3.05) is 17.2 Å². The summed E-state index contributed by atoms with van der Waals surface area (Å²) in [6.07, 6.45) is 0. The van der Waals surface area contributed by atoms with Crippen molar-refractivity contribution >= 4 is 35.0 Å². The molecule has 12 nitrogen and oxygen atoms in total. The molecule has 98 valence electrons. The quantitative estimate of drug-likeness (QED) is 0.256. The molecule has 0 unspecified atom stereocenters. The molecule has 1 rings (SSSR count). The van der Waals surface area contributed by atoms with Crippen molar-refractivity contribution in [2.45, 2.75) is 0 Å². The van der Waals surface area contributed by atoms with Gasteiger partial charge in [0.25, 0.3) is 0 Å². The zero-order valence-electron chi connectivity index (χ0n) is 8.35. The fraction of sp³-hybridized carbons (Fsp3) is 0. The molecule has 0 atom stereocenters. The van der Waals surface area contributed by atoms with Crippen LogP contribution in [-0.4, -0.2) is 34.7 Å². The smallest absolute Gasteiger partial charge is 0.368 e. The number of rotatable bonds is 1. The Morgan fingerprint density at radius 2 is 1.18 bits per heavy atom. The predicted molar refractivity (Wildman–Crippen MR) is 57.0 cm³/mol. The number of hydrogen-bond donors (Lipinski definition) is 5. The first-order chi connectivity index (χ1) is 7.74. The van der Waals surface area contributed by atoms with Gasteiger partial charge in [-0.3, -0.25) is 4.55 Å². The molecule has 0 spiro atoms. The lowest BCUT2D eigenvalue weighted by Gasteiger charge is -1.93. The van der Waals surface area contributed by atoms with Gasteiger partial charge >= 0.3 is 10.4 Å². The third-order valence-corrected chi connectivity index (χ3v) is 1.05. The molecule has 13 heteroatoms. The maximum Gasteiger partial charge on any atom is 0.413 e. The standard InChI is InChI=1S/C3H6N6.CH2O.H3NO4S/c4-1-7-2(5)9-3(6)8-1;1-2;1-5-6(2,3)4/h(H6,4,5,6,7,8,9);1H2;1H2,(H,2,3,4). The largest absolute Gasteiger partial charge is 0.413 e. The number of carbonyl (C=O) groups excluding carboxylic acids is 1. The molecule has 1 aromatic heterocycles. The summed E-state index contributed by atoms with van der Waals surface area (Å²) in [5, 5.41) is 0. The van der Waals surface area contributed by atoms with E-state index in [-0.39, 0.29) is 17.8 Å². The third-order valence-electron chi connectivity index (χ3n) is 0.809. The van der Waals surface area contributed by atoms with Gasteiger partial charge in [0.1, 0.15) is 6.79 Å². The number of aromatic nitrogens is 3. The average molecular weight is 269 g/mol. The molecular formula is C4H11N7O5S. The summed E-state index contributed by atoms with van der Waals surface area (Å²) in [4.78, 5) is 18.5. The summed E-state index contributed by atoms with van der Waals surface area (Å²) < 4.78 is 28.8. The van der Waals surface area contributed by atoms with Gasteiger partial charge in [-0.2, -0.15) is 33.6 Å². The molecule has 1 heterocycles. The lowest BCUT2D eigenvalue weighted by Crippen LogP contribution is -2.08. The van der Waals surface area contributed by atoms with Crippen molar-refractivity contribution in [1.82, 2.24) is 15.0 Å². The van der Waals surface area contributed by atoms with E-state index in [1.165, 1.54) is 0 Å². The summed E-state index contributed by atoms with van der Waals surface area (Å²) in [5.41, 5.74) is 15.4. The van der Waals surface area contributed by atoms with Crippen LogP contribution in [0.5, 0.6) is 0 Å². The van der Waals surface area contributed by atoms with E-state index >= 15 is 0 Å². The highest BCUT2D eigenvalue weighted by Crippen LogP contribution is 1.97. The highest BCUT2D eigenvalue weighted by molar-refractivity contribution is 7.80. The summed E-state index contributed by atoms with van der Waals surface area (Å²) in [5.74, 6) is 4.09. The molecule has 0 radical (unpaired) electrons. The third kappa shape index (κ3) is 11.8. The normalized spacial score (nSPS) is 9.29. The zero-order chi connectivity index (χ0) is 14.1. The van der Waals surface area contributed by atoms with Crippen molar-refractivity contribution < 1.29 is 22.0 Å². The summed E-state index contributed by atoms with van der Waals surface area (Å²) in [6, 6.07) is 0. The monoisotopic (exact) mass is 269 g/mol. The second-order valence-electron chi connectivity index (χ2n) is 1.93. The van der Waals surface area contributed by atoms with E-state index in [0.29, 0.717) is 0 Å². The lowest BCUT2D eigenvalue weighted by atomic mass is 10.9. The fourth-order valence-electron chi connectivity index (χ4n) is 0.427. The van der Waals surface area contributed by atoms with Crippen LogP contribution in [-0.2, 0) is 19.5 Å². The first-order valence-corrected chi connectivity index (χ1v) is 4.78. The molecule has 0 fully saturated rings. The molecule has 0 saturated carbocycles. The van der Waals surface area contributed by atoms with Gasteiger partial charge in [-0.05, 0) is 0 Å². The SMILES string of the molecule is C=O.NOS(=O)(=O)O.Nc1nc(N)nc(N)n1. The Morgan fingerprint density at radius 1 is 1.00 bits per heavy atom. The molecule has 0 aliphatic rings. The Labute approximate surface area is 95.9 Å². The minimum absolute atomic E-state index is 0.0417. The van der Waals surface area contributed by atoms with E-state index in [1.807, 2.05) is 6.79 Å².